The van der Waals surface area contributed by atoms with Crippen molar-refractivity contribution in [3.63, 3.8) is 0 Å². The lowest BCUT2D eigenvalue weighted by Gasteiger charge is -2.41. The molecule has 3 saturated heterocycles. The van der Waals surface area contributed by atoms with Gasteiger partial charge in [0.25, 0.3) is 5.91 Å². The van der Waals surface area contributed by atoms with Gasteiger partial charge in [-0.1, -0.05) is 62.8 Å². The van der Waals surface area contributed by atoms with Crippen LogP contribution in [0.1, 0.15) is 52.9 Å². The smallest absolute Gasteiger partial charge is 0.311 e. The number of aliphatic hydroxyl groups is 1. The Kier molecular flexibility index (Phi) is 9.10. The predicted octanol–water partition coefficient (Wildman–Crippen LogP) is 5.76. The monoisotopic (exact) mass is 604 g/mol. The van der Waals surface area contributed by atoms with Crippen molar-refractivity contribution in [3.05, 3.63) is 67.8 Å². The Bertz CT molecular complexity index is 1410. The molecule has 3 fully saturated rings. The maximum atomic E-state index is 15.0. The number of hydrogen-bond donors (Lipinski definition) is 1. The maximum absolute atomic E-state index is 15.0. The van der Waals surface area contributed by atoms with Gasteiger partial charge < -0.3 is 19.6 Å². The van der Waals surface area contributed by atoms with Gasteiger partial charge in [-0.15, -0.1) is 24.9 Å². The molecule has 2 unspecified atom stereocenters. The number of thioether (sulfide) groups is 1. The molecule has 2 bridgehead atoms. The van der Waals surface area contributed by atoms with Gasteiger partial charge >= 0.3 is 5.97 Å². The average Bonchev–Trinajstić information content (AvgIpc) is 3.58. The molecule has 0 saturated carbocycles. The molecule has 1 spiro atoms. The Morgan fingerprint density at radius 2 is 1.93 bits per heavy atom. The molecule has 3 aliphatic heterocycles. The van der Waals surface area contributed by atoms with E-state index in [9.17, 15) is 19.5 Å². The summed E-state index contributed by atoms with van der Waals surface area (Å²) in [7, 11) is 0. The van der Waals surface area contributed by atoms with Gasteiger partial charge in [0.15, 0.2) is 0 Å². The van der Waals surface area contributed by atoms with E-state index in [1.54, 1.807) is 33.7 Å². The fourth-order valence-corrected chi connectivity index (χ4v) is 9.93. The lowest BCUT2D eigenvalue weighted by molar-refractivity contribution is -0.156. The van der Waals surface area contributed by atoms with E-state index in [-0.39, 0.29) is 43.5 Å². The average molecular weight is 605 g/mol. The number of hydrogen-bond acceptors (Lipinski definition) is 6. The highest BCUT2D eigenvalue weighted by molar-refractivity contribution is 8.02. The van der Waals surface area contributed by atoms with E-state index in [2.05, 4.69) is 13.2 Å². The van der Waals surface area contributed by atoms with Crippen molar-refractivity contribution >= 4 is 46.0 Å². The number of rotatable bonds is 13. The van der Waals surface area contributed by atoms with Crippen LogP contribution in [0.15, 0.2) is 67.8 Å². The van der Waals surface area contributed by atoms with E-state index in [4.69, 9.17) is 4.74 Å². The number of likely N-dealkylation sites (tertiary alicyclic amines) is 1. The first-order valence-electron chi connectivity index (χ1n) is 15.5. The summed E-state index contributed by atoms with van der Waals surface area (Å²) in [5.74, 6) is -2.20. The highest BCUT2D eigenvalue weighted by atomic mass is 32.2. The van der Waals surface area contributed by atoms with Crippen LogP contribution in [-0.2, 0) is 19.1 Å². The minimum atomic E-state index is -0.840. The molecule has 3 aliphatic rings. The van der Waals surface area contributed by atoms with Gasteiger partial charge in [0.05, 0.1) is 35.8 Å². The van der Waals surface area contributed by atoms with Crippen LogP contribution in [-0.4, -0.2) is 69.1 Å². The minimum absolute atomic E-state index is 0.0462. The number of carbonyl (C=O) groups excluding carboxylic acids is 3. The number of esters is 1. The third-order valence-electron chi connectivity index (χ3n) is 9.97. The van der Waals surface area contributed by atoms with Gasteiger partial charge in [-0.25, -0.2) is 0 Å². The number of allylic oxidation sites excluding steroid dienone is 1. The molecule has 0 radical (unpaired) electrons. The molecule has 2 aromatic carbocycles. The van der Waals surface area contributed by atoms with E-state index in [1.807, 2.05) is 63.2 Å². The summed E-state index contributed by atoms with van der Waals surface area (Å²) in [5.41, 5.74) is 0.724. The van der Waals surface area contributed by atoms with Crippen molar-refractivity contribution in [1.29, 1.82) is 0 Å². The molecule has 5 rings (SSSR count). The summed E-state index contributed by atoms with van der Waals surface area (Å²) < 4.78 is 4.44. The Hall–Kier alpha value is -3.10. The number of nitrogens with zero attached hydrogens (tertiary/aromatic N) is 2. The zero-order valence-electron chi connectivity index (χ0n) is 25.5. The van der Waals surface area contributed by atoms with E-state index in [0.717, 1.165) is 29.3 Å². The van der Waals surface area contributed by atoms with Gasteiger partial charge in [0, 0.05) is 17.0 Å². The van der Waals surface area contributed by atoms with Gasteiger partial charge in [0.2, 0.25) is 5.91 Å². The number of amides is 2. The number of fused-ring (bicyclic) bond motifs is 2. The van der Waals surface area contributed by atoms with Gasteiger partial charge in [0.1, 0.15) is 6.04 Å². The summed E-state index contributed by atoms with van der Waals surface area (Å²) in [6.45, 7) is 14.0. The fourth-order valence-electron chi connectivity index (χ4n) is 7.61. The van der Waals surface area contributed by atoms with Gasteiger partial charge in [-0.3, -0.25) is 14.4 Å². The van der Waals surface area contributed by atoms with Crippen molar-refractivity contribution in [1.82, 2.24) is 4.90 Å². The van der Waals surface area contributed by atoms with Gasteiger partial charge in [-0.2, -0.15) is 0 Å². The SMILES string of the molecule is C=CCCCOC(=O)[C@H]1[C@H]2C(=O)N([C@@H](CO)[C@@H](C)CC)C(C(=O)N(CC=C)c3ccc4ccccc4c3)C23CC[C@]1(C)S3. The first-order chi connectivity index (χ1) is 20.7. The molecular formula is C35H44N2O5S. The van der Waals surface area contributed by atoms with Crippen LogP contribution < -0.4 is 4.90 Å². The van der Waals surface area contributed by atoms with Crippen molar-refractivity contribution in [2.75, 3.05) is 24.7 Å². The van der Waals surface area contributed by atoms with Crippen molar-refractivity contribution in [2.45, 2.75) is 74.5 Å². The van der Waals surface area contributed by atoms with E-state index in [1.165, 1.54) is 0 Å². The standard InChI is InChI=1S/C35H44N2O5S/c1-6-9-12-20-42-33(41)29-28-31(39)37(27(22-38)23(4)8-3)30(35(28)18-17-34(29,5)43-35)32(40)36(19-7-2)26-16-15-24-13-10-11-14-25(24)21-26/h6-7,10-11,13-16,21,23,27-30,38H,1-2,8-9,12,17-20,22H2,3-5H3/t23-,27-,28-,29+,30?,34-,35?/m0/s1. The summed E-state index contributed by atoms with van der Waals surface area (Å²) in [4.78, 5) is 46.7. The Morgan fingerprint density at radius 1 is 1.19 bits per heavy atom. The highest BCUT2D eigenvalue weighted by Crippen LogP contribution is 2.72. The second kappa shape index (κ2) is 12.5. The number of anilines is 1. The number of aliphatic hydroxyl groups excluding tert-OH is 1. The van der Waals surface area contributed by atoms with Crippen molar-refractivity contribution in [3.8, 4) is 0 Å². The highest BCUT2D eigenvalue weighted by Gasteiger charge is 2.78. The Balaban J connectivity index is 1.59. The molecule has 230 valence electrons. The first kappa shape index (κ1) is 31.3. The van der Waals surface area contributed by atoms with Crippen LogP contribution in [0, 0.1) is 17.8 Å². The molecule has 7 nitrogen and oxygen atoms in total. The number of ether oxygens (including phenoxy) is 1. The molecule has 7 atom stereocenters. The molecule has 0 aromatic heterocycles. The number of unbranched alkanes of at least 4 members (excludes halogenated alkanes) is 1. The summed E-state index contributed by atoms with van der Waals surface area (Å²) >= 11 is 1.62. The molecule has 2 aromatic rings. The van der Waals surface area contributed by atoms with Crippen LogP contribution in [0.2, 0.25) is 0 Å². The van der Waals surface area contributed by atoms with Crippen LogP contribution in [0.25, 0.3) is 10.8 Å². The van der Waals surface area contributed by atoms with Crippen LogP contribution >= 0.6 is 11.8 Å². The van der Waals surface area contributed by atoms with Crippen molar-refractivity contribution < 1.29 is 24.2 Å². The third kappa shape index (κ3) is 5.20. The van der Waals surface area contributed by atoms with Crippen LogP contribution in [0.5, 0.6) is 0 Å². The van der Waals surface area contributed by atoms with Gasteiger partial charge in [-0.05, 0) is 61.4 Å². The fraction of sp³-hybridized carbons (Fsp3) is 0.514. The van der Waals surface area contributed by atoms with E-state index in [0.29, 0.717) is 19.3 Å². The third-order valence-corrected chi connectivity index (χ3v) is 12.0. The summed E-state index contributed by atoms with van der Waals surface area (Å²) in [5, 5.41) is 12.7. The number of benzene rings is 2. The summed E-state index contributed by atoms with van der Waals surface area (Å²) in [6, 6.07) is 12.5. The molecule has 2 amide bonds. The lowest BCUT2D eigenvalue weighted by atomic mass is 9.66. The molecule has 0 aliphatic carbocycles. The second-order valence-electron chi connectivity index (χ2n) is 12.5. The topological polar surface area (TPSA) is 87.1 Å². The van der Waals surface area contributed by atoms with E-state index >= 15 is 0 Å². The summed E-state index contributed by atoms with van der Waals surface area (Å²) in [6.07, 6.45) is 6.97. The van der Waals surface area contributed by atoms with Crippen LogP contribution in [0.4, 0.5) is 5.69 Å². The van der Waals surface area contributed by atoms with Crippen LogP contribution in [0.3, 0.4) is 0 Å². The second-order valence-corrected chi connectivity index (χ2v) is 14.4. The quantitative estimate of drug-likeness (QED) is 0.178. The van der Waals surface area contributed by atoms with E-state index < -0.39 is 33.4 Å². The Labute approximate surface area is 259 Å². The molecular weight excluding hydrogens is 560 g/mol. The largest absolute Gasteiger partial charge is 0.465 e. The number of carbonyl (C=O) groups is 3. The molecule has 1 N–H and O–H groups in total. The zero-order valence-corrected chi connectivity index (χ0v) is 26.4. The molecule has 3 heterocycles. The molecule has 8 heteroatoms. The maximum Gasteiger partial charge on any atom is 0.311 e. The lowest BCUT2D eigenvalue weighted by Crippen LogP contribution is -2.58. The zero-order chi connectivity index (χ0) is 30.9. The normalized spacial score (nSPS) is 28.9. The Morgan fingerprint density at radius 3 is 2.60 bits per heavy atom. The van der Waals surface area contributed by atoms with Crippen molar-refractivity contribution in [2.24, 2.45) is 17.8 Å². The first-order valence-corrected chi connectivity index (χ1v) is 16.3. The predicted molar refractivity (Wildman–Crippen MR) is 173 cm³/mol. The minimum Gasteiger partial charge on any atom is -0.465 e. The molecule has 43 heavy (non-hydrogen) atoms.